The van der Waals surface area contributed by atoms with Gasteiger partial charge in [0, 0.05) is 0 Å². The monoisotopic (exact) mass is 416 g/mol. The highest BCUT2D eigenvalue weighted by Gasteiger charge is 2.35. The van der Waals surface area contributed by atoms with Crippen LogP contribution in [0.15, 0.2) is 47.1 Å². The van der Waals surface area contributed by atoms with E-state index in [1.165, 1.54) is 24.1 Å². The largest absolute Gasteiger partial charge is 0.462 e. The van der Waals surface area contributed by atoms with E-state index < -0.39 is 29.7 Å². The molecule has 3 amide bonds. The maximum atomic E-state index is 12.4. The number of carbonyl (C=O) groups excluding carboxylic acids is 4. The van der Waals surface area contributed by atoms with Crippen molar-refractivity contribution in [2.24, 2.45) is 0 Å². The molecule has 1 aromatic heterocycles. The first-order valence-corrected chi connectivity index (χ1v) is 10.4. The molecule has 29 heavy (non-hydrogen) atoms. The molecule has 2 aromatic rings. The van der Waals surface area contributed by atoms with Crippen molar-refractivity contribution >= 4 is 35.5 Å². The van der Waals surface area contributed by atoms with E-state index >= 15 is 0 Å². The lowest BCUT2D eigenvalue weighted by molar-refractivity contribution is -0.146. The first-order chi connectivity index (χ1) is 14.0. The van der Waals surface area contributed by atoms with E-state index in [0.29, 0.717) is 23.3 Å². The lowest BCUT2D eigenvalue weighted by atomic mass is 10.1. The molecule has 1 aromatic carbocycles. The molecule has 2 heterocycles. The average molecular weight is 416 g/mol. The quantitative estimate of drug-likeness (QED) is 0.492. The van der Waals surface area contributed by atoms with Crippen molar-refractivity contribution < 1.29 is 28.3 Å². The highest BCUT2D eigenvalue weighted by molar-refractivity contribution is 7.98. The number of carbonyl (C=O) groups is 4. The Morgan fingerprint density at radius 2 is 1.83 bits per heavy atom. The average Bonchev–Trinajstić information content (AvgIpc) is 3.35. The summed E-state index contributed by atoms with van der Waals surface area (Å²) in [6.07, 6.45) is 3.63. The molecular formula is C20H20N2O6S. The highest BCUT2D eigenvalue weighted by atomic mass is 32.2. The van der Waals surface area contributed by atoms with Crippen LogP contribution in [0.1, 0.15) is 37.7 Å². The topological polar surface area (TPSA) is 106 Å². The summed E-state index contributed by atoms with van der Waals surface area (Å²) in [7, 11) is 0. The summed E-state index contributed by atoms with van der Waals surface area (Å²) in [5, 5.41) is 2.60. The fourth-order valence-corrected chi connectivity index (χ4v) is 3.37. The third-order valence-electron chi connectivity index (χ3n) is 4.38. The number of imide groups is 1. The zero-order chi connectivity index (χ0) is 20.8. The van der Waals surface area contributed by atoms with E-state index in [9.17, 15) is 19.2 Å². The Morgan fingerprint density at radius 3 is 2.41 bits per heavy atom. The summed E-state index contributed by atoms with van der Waals surface area (Å²) >= 11 is 1.53. The number of nitrogens with zero attached hydrogens (tertiary/aromatic N) is 1. The molecule has 0 spiro atoms. The van der Waals surface area contributed by atoms with Crippen LogP contribution >= 0.6 is 11.8 Å². The Balaban J connectivity index is 1.55. The van der Waals surface area contributed by atoms with Crippen molar-refractivity contribution in [2.45, 2.75) is 12.5 Å². The zero-order valence-corrected chi connectivity index (χ0v) is 16.6. The smallest absolute Gasteiger partial charge is 0.328 e. The van der Waals surface area contributed by atoms with Gasteiger partial charge in [0.05, 0.1) is 23.9 Å². The van der Waals surface area contributed by atoms with Gasteiger partial charge in [-0.1, -0.05) is 12.1 Å². The van der Waals surface area contributed by atoms with E-state index in [-0.39, 0.29) is 18.9 Å². The summed E-state index contributed by atoms with van der Waals surface area (Å²) < 4.78 is 10.3. The molecule has 0 aliphatic carbocycles. The summed E-state index contributed by atoms with van der Waals surface area (Å²) in [4.78, 5) is 50.3. The Hall–Kier alpha value is -3.07. The van der Waals surface area contributed by atoms with Gasteiger partial charge in [-0.05, 0) is 42.7 Å². The summed E-state index contributed by atoms with van der Waals surface area (Å²) in [5.74, 6) is -1.23. The number of hydrogen-bond donors (Lipinski definition) is 1. The lowest BCUT2D eigenvalue weighted by Gasteiger charge is -2.18. The maximum absolute atomic E-state index is 12.4. The second-order valence-corrected chi connectivity index (χ2v) is 7.25. The van der Waals surface area contributed by atoms with Crippen LogP contribution in [-0.4, -0.2) is 59.8 Å². The van der Waals surface area contributed by atoms with Crippen molar-refractivity contribution in [1.82, 2.24) is 10.2 Å². The number of hydrogen-bond acceptors (Lipinski definition) is 7. The predicted octanol–water partition coefficient (Wildman–Crippen LogP) is 1.97. The Bertz CT molecular complexity index is 876. The van der Waals surface area contributed by atoms with E-state index in [1.54, 1.807) is 30.3 Å². The van der Waals surface area contributed by atoms with Crippen LogP contribution in [-0.2, 0) is 9.53 Å². The van der Waals surface area contributed by atoms with Crippen molar-refractivity contribution in [2.75, 3.05) is 25.2 Å². The molecule has 3 rings (SSSR count). The number of rotatable bonds is 9. The Labute approximate surface area is 171 Å². The molecule has 1 aliphatic heterocycles. The second kappa shape index (κ2) is 9.42. The predicted molar refractivity (Wildman–Crippen MR) is 106 cm³/mol. The minimum absolute atomic E-state index is 0.0561. The third-order valence-corrected chi connectivity index (χ3v) is 5.03. The summed E-state index contributed by atoms with van der Waals surface area (Å²) in [5.41, 5.74) is 0.680. The number of nitrogens with one attached hydrogen (secondary N) is 1. The summed E-state index contributed by atoms with van der Waals surface area (Å²) in [6.45, 7) is -0.212. The van der Waals surface area contributed by atoms with Crippen LogP contribution in [0.25, 0.3) is 0 Å². The lowest BCUT2D eigenvalue weighted by Crippen LogP contribution is -2.43. The zero-order valence-electron chi connectivity index (χ0n) is 15.8. The minimum atomic E-state index is -0.859. The van der Waals surface area contributed by atoms with E-state index in [1.807, 2.05) is 6.26 Å². The first kappa shape index (κ1) is 20.7. The minimum Gasteiger partial charge on any atom is -0.462 e. The fraction of sp³-hybridized carbons (Fsp3) is 0.300. The van der Waals surface area contributed by atoms with Crippen LogP contribution in [0.4, 0.5) is 0 Å². The van der Waals surface area contributed by atoms with Crippen LogP contribution in [0.2, 0.25) is 0 Å². The van der Waals surface area contributed by atoms with Gasteiger partial charge in [-0.15, -0.1) is 0 Å². The maximum Gasteiger partial charge on any atom is 0.328 e. The number of amides is 3. The molecule has 0 saturated heterocycles. The highest BCUT2D eigenvalue weighted by Crippen LogP contribution is 2.22. The summed E-state index contributed by atoms with van der Waals surface area (Å²) in [6, 6.07) is 8.76. The van der Waals surface area contributed by atoms with Crippen molar-refractivity contribution in [3.05, 3.63) is 59.5 Å². The number of fused-ring (bicyclic) bond motifs is 1. The second-order valence-electron chi connectivity index (χ2n) is 6.26. The van der Waals surface area contributed by atoms with Crippen molar-refractivity contribution in [1.29, 1.82) is 0 Å². The third kappa shape index (κ3) is 4.68. The van der Waals surface area contributed by atoms with Gasteiger partial charge in [0.2, 0.25) is 0 Å². The van der Waals surface area contributed by atoms with Gasteiger partial charge in [0.25, 0.3) is 17.7 Å². The standard InChI is InChI=1S/C20H20N2O6S/c1-29-12-8-15(21-17(23)16-7-4-10-27-16)20(26)28-11-9-22-18(24)13-5-2-3-6-14(13)19(22)25/h2-7,10,15H,8-9,11-12H2,1H3,(H,21,23)/t15-/m0/s1. The number of esters is 1. The Morgan fingerprint density at radius 1 is 1.14 bits per heavy atom. The van der Waals surface area contributed by atoms with Gasteiger partial charge < -0.3 is 14.5 Å². The van der Waals surface area contributed by atoms with E-state index in [2.05, 4.69) is 5.32 Å². The molecule has 1 N–H and O–H groups in total. The van der Waals surface area contributed by atoms with Gasteiger partial charge in [-0.2, -0.15) is 11.8 Å². The van der Waals surface area contributed by atoms with Crippen molar-refractivity contribution in [3.63, 3.8) is 0 Å². The van der Waals surface area contributed by atoms with Crippen LogP contribution < -0.4 is 5.32 Å². The fourth-order valence-electron chi connectivity index (χ4n) is 2.90. The van der Waals surface area contributed by atoms with Crippen molar-refractivity contribution in [3.8, 4) is 0 Å². The van der Waals surface area contributed by atoms with E-state index in [4.69, 9.17) is 9.15 Å². The van der Waals surface area contributed by atoms with Gasteiger partial charge in [0.1, 0.15) is 12.6 Å². The van der Waals surface area contributed by atoms with E-state index in [0.717, 1.165) is 4.90 Å². The molecule has 0 fully saturated rings. The molecule has 1 aliphatic rings. The molecule has 1 atom stereocenters. The van der Waals surface area contributed by atoms with Gasteiger partial charge in [0.15, 0.2) is 5.76 Å². The van der Waals surface area contributed by atoms with Gasteiger partial charge in [-0.3, -0.25) is 19.3 Å². The molecule has 9 heteroatoms. The normalized spacial score (nSPS) is 13.9. The number of furan rings is 1. The Kier molecular flexibility index (Phi) is 6.71. The van der Waals surface area contributed by atoms with Crippen LogP contribution in [0.3, 0.4) is 0 Å². The number of ether oxygens (including phenoxy) is 1. The molecule has 0 radical (unpaired) electrons. The number of benzene rings is 1. The van der Waals surface area contributed by atoms with Crippen LogP contribution in [0.5, 0.6) is 0 Å². The first-order valence-electron chi connectivity index (χ1n) is 8.98. The SMILES string of the molecule is CSCC[C@H](NC(=O)c1ccco1)C(=O)OCCN1C(=O)c2ccccc2C1=O. The molecular weight excluding hydrogens is 396 g/mol. The molecule has 152 valence electrons. The van der Waals surface area contributed by atoms with Gasteiger partial charge in [-0.25, -0.2) is 4.79 Å². The molecule has 0 bridgehead atoms. The molecule has 0 unspecified atom stereocenters. The van der Waals surface area contributed by atoms with Crippen LogP contribution in [0, 0.1) is 0 Å². The molecule has 8 nitrogen and oxygen atoms in total. The molecule has 0 saturated carbocycles. The number of thioether (sulfide) groups is 1. The van der Waals surface area contributed by atoms with Gasteiger partial charge >= 0.3 is 5.97 Å².